The van der Waals surface area contributed by atoms with Crippen molar-refractivity contribution in [3.63, 3.8) is 0 Å². The van der Waals surface area contributed by atoms with Gasteiger partial charge >= 0.3 is 0 Å². The first kappa shape index (κ1) is 13.0. The zero-order valence-corrected chi connectivity index (χ0v) is 11.3. The van der Waals surface area contributed by atoms with Crippen LogP contribution in [0.15, 0.2) is 41.1 Å². The molecule has 0 radical (unpaired) electrons. The van der Waals surface area contributed by atoms with Crippen LogP contribution < -0.4 is 5.32 Å². The van der Waals surface area contributed by atoms with Gasteiger partial charge < -0.3 is 5.32 Å². The van der Waals surface area contributed by atoms with E-state index in [1.165, 1.54) is 18.3 Å². The molecule has 0 bridgehead atoms. The maximum absolute atomic E-state index is 13.3. The lowest BCUT2D eigenvalue weighted by Crippen LogP contribution is -2.13. The fraction of sp³-hybridized carbons (Fsp3) is 0. The van der Waals surface area contributed by atoms with E-state index < -0.39 is 11.7 Å². The highest BCUT2D eigenvalue weighted by molar-refractivity contribution is 9.10. The maximum atomic E-state index is 13.3. The van der Waals surface area contributed by atoms with E-state index in [1.807, 2.05) is 0 Å². The van der Waals surface area contributed by atoms with E-state index >= 15 is 0 Å². The third kappa shape index (κ3) is 2.86. The molecule has 0 saturated heterocycles. The Morgan fingerprint density at radius 3 is 2.89 bits per heavy atom. The van der Waals surface area contributed by atoms with E-state index in [-0.39, 0.29) is 5.69 Å². The van der Waals surface area contributed by atoms with Crippen molar-refractivity contribution in [1.82, 2.24) is 4.98 Å². The summed E-state index contributed by atoms with van der Waals surface area (Å²) in [6, 6.07) is 6.18. The average molecular weight is 330 g/mol. The minimum Gasteiger partial charge on any atom is -0.319 e. The first-order valence-electron chi connectivity index (χ1n) is 4.94. The highest BCUT2D eigenvalue weighted by Crippen LogP contribution is 2.22. The topological polar surface area (TPSA) is 42.0 Å². The lowest BCUT2D eigenvalue weighted by atomic mass is 10.2. The van der Waals surface area contributed by atoms with Crippen LogP contribution in [0.1, 0.15) is 10.4 Å². The quantitative estimate of drug-likeness (QED) is 0.908. The fourth-order valence-electron chi connectivity index (χ4n) is 1.34. The molecule has 1 aromatic carbocycles. The maximum Gasteiger partial charge on any atom is 0.256 e. The standard InChI is InChI=1S/C12H7BrClFN2O/c13-9-2-1-7(14)5-8(9)12(18)17-11-3-4-16-6-10(11)15/h1-6H,(H,16,17,18). The van der Waals surface area contributed by atoms with Gasteiger partial charge in [-0.25, -0.2) is 4.39 Å². The number of pyridine rings is 1. The Morgan fingerprint density at radius 1 is 1.39 bits per heavy atom. The van der Waals surface area contributed by atoms with E-state index in [2.05, 4.69) is 26.2 Å². The van der Waals surface area contributed by atoms with Crippen molar-refractivity contribution in [3.05, 3.63) is 57.5 Å². The van der Waals surface area contributed by atoms with Crippen LogP contribution in [-0.2, 0) is 0 Å². The minimum atomic E-state index is -0.594. The normalized spacial score (nSPS) is 10.2. The number of benzene rings is 1. The fourth-order valence-corrected chi connectivity index (χ4v) is 1.94. The van der Waals surface area contributed by atoms with E-state index in [0.29, 0.717) is 15.1 Å². The van der Waals surface area contributed by atoms with Crippen molar-refractivity contribution in [2.45, 2.75) is 0 Å². The van der Waals surface area contributed by atoms with Gasteiger partial charge in [0.15, 0.2) is 5.82 Å². The first-order valence-corrected chi connectivity index (χ1v) is 6.11. The zero-order valence-electron chi connectivity index (χ0n) is 8.95. The second-order valence-electron chi connectivity index (χ2n) is 3.43. The summed E-state index contributed by atoms with van der Waals surface area (Å²) in [5.74, 6) is -1.04. The summed E-state index contributed by atoms with van der Waals surface area (Å²) in [5.41, 5.74) is 0.403. The molecule has 0 aliphatic heterocycles. The van der Waals surface area contributed by atoms with E-state index in [9.17, 15) is 9.18 Å². The van der Waals surface area contributed by atoms with Gasteiger partial charge in [0.2, 0.25) is 0 Å². The van der Waals surface area contributed by atoms with E-state index in [4.69, 9.17) is 11.6 Å². The Kier molecular flexibility index (Phi) is 3.93. The van der Waals surface area contributed by atoms with Crippen LogP contribution >= 0.6 is 27.5 Å². The molecule has 0 fully saturated rings. The molecule has 3 nitrogen and oxygen atoms in total. The number of carbonyl (C=O) groups excluding carboxylic acids is 1. The largest absolute Gasteiger partial charge is 0.319 e. The van der Waals surface area contributed by atoms with Crippen LogP contribution in [0, 0.1) is 5.82 Å². The number of aromatic nitrogens is 1. The van der Waals surface area contributed by atoms with Gasteiger partial charge in [0, 0.05) is 15.7 Å². The van der Waals surface area contributed by atoms with E-state index in [1.54, 1.807) is 12.1 Å². The molecule has 0 unspecified atom stereocenters. The molecule has 0 saturated carbocycles. The number of hydrogen-bond acceptors (Lipinski definition) is 2. The summed E-state index contributed by atoms with van der Waals surface area (Å²) in [5, 5.41) is 2.88. The van der Waals surface area contributed by atoms with Gasteiger partial charge in [-0.2, -0.15) is 0 Å². The van der Waals surface area contributed by atoms with Crippen molar-refractivity contribution in [2.24, 2.45) is 0 Å². The molecular formula is C12H7BrClFN2O. The number of nitrogens with one attached hydrogen (secondary N) is 1. The molecule has 0 atom stereocenters. The van der Waals surface area contributed by atoms with Crippen molar-refractivity contribution >= 4 is 39.1 Å². The summed E-state index contributed by atoms with van der Waals surface area (Å²) >= 11 is 9.05. The number of amides is 1. The van der Waals surface area contributed by atoms with Crippen LogP contribution in [0.4, 0.5) is 10.1 Å². The smallest absolute Gasteiger partial charge is 0.256 e. The van der Waals surface area contributed by atoms with Gasteiger partial charge in [-0.1, -0.05) is 11.6 Å². The van der Waals surface area contributed by atoms with Gasteiger partial charge in [-0.15, -0.1) is 0 Å². The van der Waals surface area contributed by atoms with Gasteiger partial charge in [-0.05, 0) is 40.2 Å². The highest BCUT2D eigenvalue weighted by Gasteiger charge is 2.12. The van der Waals surface area contributed by atoms with Crippen molar-refractivity contribution in [2.75, 3.05) is 5.32 Å². The second-order valence-corrected chi connectivity index (χ2v) is 4.72. The Hall–Kier alpha value is -1.46. The summed E-state index contributed by atoms with van der Waals surface area (Å²) in [7, 11) is 0. The number of halogens is 3. The molecule has 2 aromatic rings. The van der Waals surface area contributed by atoms with Crippen LogP contribution in [0.3, 0.4) is 0 Å². The van der Waals surface area contributed by atoms with Gasteiger partial charge in [0.05, 0.1) is 17.4 Å². The average Bonchev–Trinajstić information content (AvgIpc) is 2.35. The third-order valence-electron chi connectivity index (χ3n) is 2.19. The molecule has 0 aliphatic carbocycles. The molecule has 18 heavy (non-hydrogen) atoms. The Labute approximate surface area is 116 Å². The predicted molar refractivity (Wildman–Crippen MR) is 71.3 cm³/mol. The number of nitrogens with zero attached hydrogens (tertiary/aromatic N) is 1. The first-order chi connectivity index (χ1) is 8.58. The minimum absolute atomic E-state index is 0.0712. The summed E-state index contributed by atoms with van der Waals surface area (Å²) in [6.45, 7) is 0. The molecule has 1 N–H and O–H groups in total. The Morgan fingerprint density at radius 2 is 2.17 bits per heavy atom. The third-order valence-corrected chi connectivity index (χ3v) is 3.12. The summed E-state index contributed by atoms with van der Waals surface area (Å²) in [4.78, 5) is 15.6. The van der Waals surface area contributed by atoms with Gasteiger partial charge in [-0.3, -0.25) is 9.78 Å². The monoisotopic (exact) mass is 328 g/mol. The number of rotatable bonds is 2. The molecule has 92 valence electrons. The lowest BCUT2D eigenvalue weighted by molar-refractivity contribution is 0.102. The Bertz CT molecular complexity index is 606. The van der Waals surface area contributed by atoms with Crippen molar-refractivity contribution in [1.29, 1.82) is 0 Å². The molecular weight excluding hydrogens is 322 g/mol. The van der Waals surface area contributed by atoms with Crippen LogP contribution in [0.2, 0.25) is 5.02 Å². The highest BCUT2D eigenvalue weighted by atomic mass is 79.9. The number of hydrogen-bond donors (Lipinski definition) is 1. The second kappa shape index (κ2) is 5.46. The zero-order chi connectivity index (χ0) is 13.1. The van der Waals surface area contributed by atoms with Gasteiger partial charge in [0.25, 0.3) is 5.91 Å². The van der Waals surface area contributed by atoms with Crippen LogP contribution in [0.5, 0.6) is 0 Å². The summed E-state index contributed by atoms with van der Waals surface area (Å²) in [6.07, 6.45) is 2.42. The molecule has 0 aliphatic rings. The van der Waals surface area contributed by atoms with Crippen molar-refractivity contribution in [3.8, 4) is 0 Å². The summed E-state index contributed by atoms with van der Waals surface area (Å²) < 4.78 is 13.9. The van der Waals surface area contributed by atoms with E-state index in [0.717, 1.165) is 6.20 Å². The number of carbonyl (C=O) groups is 1. The molecule has 1 amide bonds. The van der Waals surface area contributed by atoms with Crippen molar-refractivity contribution < 1.29 is 9.18 Å². The lowest BCUT2D eigenvalue weighted by Gasteiger charge is -2.07. The molecule has 6 heteroatoms. The van der Waals surface area contributed by atoms with Crippen LogP contribution in [-0.4, -0.2) is 10.9 Å². The Balaban J connectivity index is 2.28. The molecule has 1 aromatic heterocycles. The SMILES string of the molecule is O=C(Nc1ccncc1F)c1cc(Cl)ccc1Br. The number of anilines is 1. The molecule has 0 spiro atoms. The van der Waals surface area contributed by atoms with Crippen LogP contribution in [0.25, 0.3) is 0 Å². The van der Waals surface area contributed by atoms with Gasteiger partial charge in [0.1, 0.15) is 0 Å². The molecule has 1 heterocycles. The predicted octanol–water partition coefficient (Wildman–Crippen LogP) is 3.89. The molecule has 2 rings (SSSR count).